The van der Waals surface area contributed by atoms with Gasteiger partial charge in [-0.05, 0) is 17.6 Å². The molecule has 0 aromatic carbocycles. The monoisotopic (exact) mass is 180 g/mol. The molecule has 3 nitrogen and oxygen atoms in total. The van der Waals surface area contributed by atoms with Crippen molar-refractivity contribution in [3.05, 3.63) is 35.7 Å². The zero-order valence-corrected chi connectivity index (χ0v) is 7.17. The van der Waals surface area contributed by atoms with Crippen LogP contribution in [0.5, 0.6) is 0 Å². The summed E-state index contributed by atoms with van der Waals surface area (Å²) in [5, 5.41) is 5.19. The lowest BCUT2D eigenvalue weighted by molar-refractivity contribution is 0.564. The van der Waals surface area contributed by atoms with Gasteiger partial charge in [-0.25, -0.2) is 0 Å². The number of nitrogens with zero attached hydrogens (tertiary/aromatic N) is 1. The molecular formula is C8H8N2OS. The molecular weight excluding hydrogens is 172 g/mol. The van der Waals surface area contributed by atoms with E-state index in [9.17, 15) is 0 Å². The molecule has 0 saturated heterocycles. The zero-order chi connectivity index (χ0) is 8.23. The SMILES string of the molecule is c1cc(CNc2cnsc2)co1. The normalized spacial score (nSPS) is 10.0. The highest BCUT2D eigenvalue weighted by Crippen LogP contribution is 2.10. The van der Waals surface area contributed by atoms with Crippen LogP contribution in [0.15, 0.2) is 34.6 Å². The lowest BCUT2D eigenvalue weighted by Crippen LogP contribution is -1.95. The first-order valence-corrected chi connectivity index (χ1v) is 4.43. The molecule has 12 heavy (non-hydrogen) atoms. The summed E-state index contributed by atoms with van der Waals surface area (Å²) in [7, 11) is 0. The fourth-order valence-corrected chi connectivity index (χ4v) is 1.38. The van der Waals surface area contributed by atoms with E-state index in [1.54, 1.807) is 12.5 Å². The summed E-state index contributed by atoms with van der Waals surface area (Å²) >= 11 is 1.44. The maximum Gasteiger partial charge on any atom is 0.0952 e. The van der Waals surface area contributed by atoms with Crippen LogP contribution in [0.3, 0.4) is 0 Å². The first-order chi connectivity index (χ1) is 5.95. The third-order valence-electron chi connectivity index (χ3n) is 1.51. The molecule has 1 N–H and O–H groups in total. The van der Waals surface area contributed by atoms with Gasteiger partial charge in [-0.2, -0.15) is 4.37 Å². The van der Waals surface area contributed by atoms with Gasteiger partial charge in [0.05, 0.1) is 24.4 Å². The van der Waals surface area contributed by atoms with Crippen molar-refractivity contribution in [3.63, 3.8) is 0 Å². The van der Waals surface area contributed by atoms with Crippen molar-refractivity contribution in [1.29, 1.82) is 0 Å². The van der Waals surface area contributed by atoms with Gasteiger partial charge < -0.3 is 9.73 Å². The highest BCUT2D eigenvalue weighted by molar-refractivity contribution is 7.04. The van der Waals surface area contributed by atoms with E-state index in [0.717, 1.165) is 17.8 Å². The van der Waals surface area contributed by atoms with E-state index >= 15 is 0 Å². The number of rotatable bonds is 3. The number of furan rings is 1. The molecule has 0 aliphatic rings. The van der Waals surface area contributed by atoms with Gasteiger partial charge in [-0.15, -0.1) is 0 Å². The van der Waals surface area contributed by atoms with E-state index in [2.05, 4.69) is 9.69 Å². The predicted octanol–water partition coefficient (Wildman–Crippen LogP) is 2.35. The molecule has 0 saturated carbocycles. The molecule has 2 heterocycles. The summed E-state index contributed by atoms with van der Waals surface area (Å²) in [4.78, 5) is 0. The number of aromatic nitrogens is 1. The van der Waals surface area contributed by atoms with E-state index in [1.807, 2.05) is 17.6 Å². The van der Waals surface area contributed by atoms with Crippen LogP contribution in [0, 0.1) is 0 Å². The fourth-order valence-electron chi connectivity index (χ4n) is 0.890. The van der Waals surface area contributed by atoms with Crippen LogP contribution in [0.4, 0.5) is 5.69 Å². The molecule has 2 aromatic rings. The highest BCUT2D eigenvalue weighted by atomic mass is 32.1. The number of hydrogen-bond donors (Lipinski definition) is 1. The van der Waals surface area contributed by atoms with Crippen LogP contribution in [-0.4, -0.2) is 4.37 Å². The van der Waals surface area contributed by atoms with Crippen molar-refractivity contribution in [2.75, 3.05) is 5.32 Å². The average Bonchev–Trinajstić information content (AvgIpc) is 2.74. The Morgan fingerprint density at radius 1 is 1.58 bits per heavy atom. The van der Waals surface area contributed by atoms with Crippen LogP contribution in [0.1, 0.15) is 5.56 Å². The van der Waals surface area contributed by atoms with Crippen molar-refractivity contribution < 1.29 is 4.42 Å². The topological polar surface area (TPSA) is 38.1 Å². The summed E-state index contributed by atoms with van der Waals surface area (Å²) in [5.41, 5.74) is 2.20. The Morgan fingerprint density at radius 2 is 2.58 bits per heavy atom. The van der Waals surface area contributed by atoms with Crippen LogP contribution in [0.2, 0.25) is 0 Å². The minimum absolute atomic E-state index is 0.787. The van der Waals surface area contributed by atoms with Gasteiger partial charge in [0.25, 0.3) is 0 Å². The Kier molecular flexibility index (Phi) is 2.09. The van der Waals surface area contributed by atoms with Crippen LogP contribution < -0.4 is 5.32 Å². The maximum absolute atomic E-state index is 4.93. The van der Waals surface area contributed by atoms with Crippen LogP contribution in [-0.2, 0) is 6.54 Å². The van der Waals surface area contributed by atoms with Gasteiger partial charge in [-0.1, -0.05) is 0 Å². The predicted molar refractivity (Wildman–Crippen MR) is 48.1 cm³/mol. The van der Waals surface area contributed by atoms with Gasteiger partial charge in [0.15, 0.2) is 0 Å². The lowest BCUT2D eigenvalue weighted by Gasteiger charge is -1.98. The Labute approximate surface area is 74.2 Å². The quantitative estimate of drug-likeness (QED) is 0.787. The number of hydrogen-bond acceptors (Lipinski definition) is 4. The average molecular weight is 180 g/mol. The minimum atomic E-state index is 0.787. The van der Waals surface area contributed by atoms with Crippen LogP contribution in [0.25, 0.3) is 0 Å². The first-order valence-electron chi connectivity index (χ1n) is 3.59. The second-order valence-electron chi connectivity index (χ2n) is 2.40. The summed E-state index contributed by atoms with van der Waals surface area (Å²) in [6.07, 6.45) is 5.21. The molecule has 2 rings (SSSR count). The maximum atomic E-state index is 4.93. The molecule has 0 radical (unpaired) electrons. The van der Waals surface area contributed by atoms with Gasteiger partial charge in [0.1, 0.15) is 0 Å². The third kappa shape index (κ3) is 1.65. The molecule has 0 spiro atoms. The molecule has 0 fully saturated rings. The van der Waals surface area contributed by atoms with Gasteiger partial charge in [0.2, 0.25) is 0 Å². The minimum Gasteiger partial charge on any atom is -0.472 e. The lowest BCUT2D eigenvalue weighted by atomic mass is 10.3. The zero-order valence-electron chi connectivity index (χ0n) is 6.36. The Morgan fingerprint density at radius 3 is 3.25 bits per heavy atom. The van der Waals surface area contributed by atoms with E-state index in [4.69, 9.17) is 4.42 Å². The van der Waals surface area contributed by atoms with E-state index in [-0.39, 0.29) is 0 Å². The molecule has 62 valence electrons. The van der Waals surface area contributed by atoms with E-state index in [1.165, 1.54) is 11.5 Å². The highest BCUT2D eigenvalue weighted by Gasteiger charge is 1.94. The summed E-state index contributed by atoms with van der Waals surface area (Å²) in [6, 6.07) is 1.94. The Balaban J connectivity index is 1.91. The molecule has 0 bridgehead atoms. The van der Waals surface area contributed by atoms with Gasteiger partial charge in [0, 0.05) is 17.5 Å². The second kappa shape index (κ2) is 3.40. The molecule has 0 unspecified atom stereocenters. The van der Waals surface area contributed by atoms with Crippen molar-refractivity contribution in [2.24, 2.45) is 0 Å². The van der Waals surface area contributed by atoms with Crippen molar-refractivity contribution >= 4 is 17.2 Å². The summed E-state index contributed by atoms with van der Waals surface area (Å²) < 4.78 is 8.91. The molecule has 0 aliphatic heterocycles. The molecule has 4 heteroatoms. The molecule has 0 amide bonds. The van der Waals surface area contributed by atoms with Crippen molar-refractivity contribution in [3.8, 4) is 0 Å². The standard InChI is InChI=1S/C8H8N2OS/c1-2-11-5-7(1)3-9-8-4-10-12-6-8/h1-2,4-6,9H,3H2. The van der Waals surface area contributed by atoms with Crippen LogP contribution >= 0.6 is 11.5 Å². The van der Waals surface area contributed by atoms with Crippen molar-refractivity contribution in [2.45, 2.75) is 6.54 Å². The smallest absolute Gasteiger partial charge is 0.0952 e. The molecule has 0 atom stereocenters. The Bertz CT molecular complexity index is 280. The molecule has 2 aromatic heterocycles. The third-order valence-corrected chi connectivity index (χ3v) is 2.10. The largest absolute Gasteiger partial charge is 0.472 e. The summed E-state index contributed by atoms with van der Waals surface area (Å²) in [5.74, 6) is 0. The summed E-state index contributed by atoms with van der Waals surface area (Å²) in [6.45, 7) is 0.787. The van der Waals surface area contributed by atoms with E-state index < -0.39 is 0 Å². The van der Waals surface area contributed by atoms with Gasteiger partial charge in [-0.3, -0.25) is 0 Å². The van der Waals surface area contributed by atoms with E-state index in [0.29, 0.717) is 0 Å². The van der Waals surface area contributed by atoms with Crippen molar-refractivity contribution in [1.82, 2.24) is 4.37 Å². The van der Waals surface area contributed by atoms with Gasteiger partial charge >= 0.3 is 0 Å². The second-order valence-corrected chi connectivity index (χ2v) is 3.06. The Hall–Kier alpha value is -1.29. The molecule has 0 aliphatic carbocycles. The number of nitrogens with one attached hydrogen (secondary N) is 1. The number of anilines is 1. The fraction of sp³-hybridized carbons (Fsp3) is 0.125. The first kappa shape index (κ1) is 7.36.